The van der Waals surface area contributed by atoms with Crippen LogP contribution >= 0.6 is 0 Å². The van der Waals surface area contributed by atoms with Crippen molar-refractivity contribution in [1.29, 1.82) is 0 Å². The maximum absolute atomic E-state index is 5.86. The predicted octanol–water partition coefficient (Wildman–Crippen LogP) is 3.37. The standard InChI is InChI=1S/C16H26N2O/c1-5-13(3)19-16-8-6-7-14(10-16)17-15-9-12(2)18(4)11-15/h6-8,10,12-13,15,17H,5,9,11H2,1-4H3. The Kier molecular flexibility index (Phi) is 4.70. The Morgan fingerprint density at radius 2 is 2.26 bits per heavy atom. The van der Waals surface area contributed by atoms with Gasteiger partial charge in [0.25, 0.3) is 0 Å². The van der Waals surface area contributed by atoms with Crippen molar-refractivity contribution in [3.8, 4) is 5.75 Å². The van der Waals surface area contributed by atoms with Crippen LogP contribution in [0.4, 0.5) is 5.69 Å². The highest BCUT2D eigenvalue weighted by Crippen LogP contribution is 2.23. The molecule has 0 radical (unpaired) electrons. The second kappa shape index (κ2) is 6.29. The Hall–Kier alpha value is -1.22. The molecule has 1 aromatic rings. The second-order valence-corrected chi connectivity index (χ2v) is 5.73. The number of likely N-dealkylation sites (tertiary alicyclic amines) is 1. The van der Waals surface area contributed by atoms with Crippen molar-refractivity contribution in [2.45, 2.75) is 51.8 Å². The Morgan fingerprint density at radius 3 is 2.89 bits per heavy atom. The highest BCUT2D eigenvalue weighted by atomic mass is 16.5. The summed E-state index contributed by atoms with van der Waals surface area (Å²) in [6.45, 7) is 7.64. The molecule has 3 unspecified atom stereocenters. The van der Waals surface area contributed by atoms with E-state index >= 15 is 0 Å². The van der Waals surface area contributed by atoms with Gasteiger partial charge in [-0.15, -0.1) is 0 Å². The van der Waals surface area contributed by atoms with Crippen molar-refractivity contribution in [2.75, 3.05) is 18.9 Å². The maximum atomic E-state index is 5.86. The molecule has 0 spiro atoms. The first-order valence-corrected chi connectivity index (χ1v) is 7.32. The lowest BCUT2D eigenvalue weighted by Crippen LogP contribution is -2.24. The molecule has 3 heteroatoms. The van der Waals surface area contributed by atoms with Crippen LogP contribution in [0.1, 0.15) is 33.6 Å². The first-order chi connectivity index (χ1) is 9.08. The van der Waals surface area contributed by atoms with Gasteiger partial charge in [0.15, 0.2) is 0 Å². The largest absolute Gasteiger partial charge is 0.491 e. The van der Waals surface area contributed by atoms with Crippen LogP contribution in [0.25, 0.3) is 0 Å². The van der Waals surface area contributed by atoms with Gasteiger partial charge in [-0.25, -0.2) is 0 Å². The smallest absolute Gasteiger partial charge is 0.121 e. The summed E-state index contributed by atoms with van der Waals surface area (Å²) in [6.07, 6.45) is 2.50. The SMILES string of the molecule is CCC(C)Oc1cccc(NC2CC(C)N(C)C2)c1. The Balaban J connectivity index is 1.95. The van der Waals surface area contributed by atoms with Crippen LogP contribution in [0, 0.1) is 0 Å². The van der Waals surface area contributed by atoms with Crippen molar-refractivity contribution < 1.29 is 4.74 Å². The average molecular weight is 262 g/mol. The minimum absolute atomic E-state index is 0.271. The normalized spacial score (nSPS) is 25.3. The zero-order valence-corrected chi connectivity index (χ0v) is 12.5. The minimum atomic E-state index is 0.271. The lowest BCUT2D eigenvalue weighted by atomic mass is 10.2. The molecule has 0 saturated carbocycles. The number of benzene rings is 1. The highest BCUT2D eigenvalue weighted by Gasteiger charge is 2.25. The van der Waals surface area contributed by atoms with Gasteiger partial charge in [0, 0.05) is 30.4 Å². The monoisotopic (exact) mass is 262 g/mol. The molecule has 0 amide bonds. The van der Waals surface area contributed by atoms with Crippen LogP contribution in [0.2, 0.25) is 0 Å². The van der Waals surface area contributed by atoms with Crippen molar-refractivity contribution in [1.82, 2.24) is 4.90 Å². The molecular formula is C16H26N2O. The molecular weight excluding hydrogens is 236 g/mol. The summed E-state index contributed by atoms with van der Waals surface area (Å²) in [7, 11) is 2.19. The fraction of sp³-hybridized carbons (Fsp3) is 0.625. The summed E-state index contributed by atoms with van der Waals surface area (Å²) in [5.74, 6) is 0.957. The van der Waals surface area contributed by atoms with Crippen molar-refractivity contribution in [2.24, 2.45) is 0 Å². The lowest BCUT2D eigenvalue weighted by molar-refractivity contribution is 0.217. The van der Waals surface area contributed by atoms with E-state index in [-0.39, 0.29) is 6.10 Å². The molecule has 3 nitrogen and oxygen atoms in total. The molecule has 1 saturated heterocycles. The topological polar surface area (TPSA) is 24.5 Å². The van der Waals surface area contributed by atoms with Gasteiger partial charge in [-0.3, -0.25) is 0 Å². The molecule has 0 aliphatic carbocycles. The van der Waals surface area contributed by atoms with Gasteiger partial charge in [0.1, 0.15) is 5.75 Å². The third kappa shape index (κ3) is 3.87. The summed E-state index contributed by atoms with van der Waals surface area (Å²) in [5.41, 5.74) is 1.16. The number of anilines is 1. The first-order valence-electron chi connectivity index (χ1n) is 7.32. The van der Waals surface area contributed by atoms with E-state index in [1.54, 1.807) is 0 Å². The summed E-state index contributed by atoms with van der Waals surface area (Å²) in [4.78, 5) is 2.40. The van der Waals surface area contributed by atoms with Gasteiger partial charge in [0.05, 0.1) is 6.10 Å². The molecule has 3 atom stereocenters. The van der Waals surface area contributed by atoms with Gasteiger partial charge < -0.3 is 15.0 Å². The van der Waals surface area contributed by atoms with Crippen LogP contribution < -0.4 is 10.1 Å². The summed E-state index contributed by atoms with van der Waals surface area (Å²) in [6, 6.07) is 9.51. The van der Waals surface area contributed by atoms with Gasteiger partial charge in [0.2, 0.25) is 0 Å². The van der Waals surface area contributed by atoms with Crippen LogP contribution in [0.15, 0.2) is 24.3 Å². The van der Waals surface area contributed by atoms with Gasteiger partial charge in [-0.05, 0) is 45.9 Å². The molecule has 0 aromatic heterocycles. The molecule has 1 aliphatic rings. The van der Waals surface area contributed by atoms with E-state index in [9.17, 15) is 0 Å². The molecule has 106 valence electrons. The molecule has 2 rings (SSSR count). The number of ether oxygens (including phenoxy) is 1. The van der Waals surface area contributed by atoms with Crippen LogP contribution in [-0.4, -0.2) is 36.7 Å². The fourth-order valence-corrected chi connectivity index (χ4v) is 2.51. The Bertz CT molecular complexity index is 397. The van der Waals surface area contributed by atoms with Crippen molar-refractivity contribution in [3.05, 3.63) is 24.3 Å². The minimum Gasteiger partial charge on any atom is -0.491 e. The number of nitrogens with zero attached hydrogens (tertiary/aromatic N) is 1. The molecule has 1 aliphatic heterocycles. The van der Waals surface area contributed by atoms with E-state index in [0.29, 0.717) is 12.1 Å². The van der Waals surface area contributed by atoms with Gasteiger partial charge >= 0.3 is 0 Å². The van der Waals surface area contributed by atoms with E-state index in [1.165, 1.54) is 6.42 Å². The van der Waals surface area contributed by atoms with E-state index < -0.39 is 0 Å². The quantitative estimate of drug-likeness (QED) is 0.880. The summed E-state index contributed by atoms with van der Waals surface area (Å²) in [5, 5.41) is 3.61. The number of likely N-dealkylation sites (N-methyl/N-ethyl adjacent to an activating group) is 1. The lowest BCUT2D eigenvalue weighted by Gasteiger charge is -2.17. The number of rotatable bonds is 5. The average Bonchev–Trinajstić information content (AvgIpc) is 2.68. The van der Waals surface area contributed by atoms with Crippen molar-refractivity contribution >= 4 is 5.69 Å². The van der Waals surface area contributed by atoms with Crippen molar-refractivity contribution in [3.63, 3.8) is 0 Å². The zero-order valence-electron chi connectivity index (χ0n) is 12.5. The Labute approximate surface area is 116 Å². The summed E-state index contributed by atoms with van der Waals surface area (Å²) >= 11 is 0. The third-order valence-electron chi connectivity index (χ3n) is 4.00. The Morgan fingerprint density at radius 1 is 1.47 bits per heavy atom. The van der Waals surface area contributed by atoms with Crippen LogP contribution in [0.3, 0.4) is 0 Å². The highest BCUT2D eigenvalue weighted by molar-refractivity contribution is 5.49. The molecule has 1 aromatic carbocycles. The fourth-order valence-electron chi connectivity index (χ4n) is 2.51. The number of hydrogen-bond donors (Lipinski definition) is 1. The molecule has 19 heavy (non-hydrogen) atoms. The zero-order chi connectivity index (χ0) is 13.8. The van der Waals surface area contributed by atoms with E-state index in [2.05, 4.69) is 56.2 Å². The van der Waals surface area contributed by atoms with Gasteiger partial charge in [-0.1, -0.05) is 13.0 Å². The summed E-state index contributed by atoms with van der Waals surface area (Å²) < 4.78 is 5.86. The van der Waals surface area contributed by atoms with E-state index in [0.717, 1.165) is 24.4 Å². The predicted molar refractivity (Wildman–Crippen MR) is 80.9 cm³/mol. The molecule has 1 heterocycles. The van der Waals surface area contributed by atoms with E-state index in [1.807, 2.05) is 6.07 Å². The molecule has 1 N–H and O–H groups in total. The number of hydrogen-bond acceptors (Lipinski definition) is 3. The maximum Gasteiger partial charge on any atom is 0.121 e. The van der Waals surface area contributed by atoms with Gasteiger partial charge in [-0.2, -0.15) is 0 Å². The molecule has 0 bridgehead atoms. The van der Waals surface area contributed by atoms with Crippen LogP contribution in [0.5, 0.6) is 5.75 Å². The third-order valence-corrected chi connectivity index (χ3v) is 4.00. The van der Waals surface area contributed by atoms with E-state index in [4.69, 9.17) is 4.74 Å². The molecule has 1 fully saturated rings. The second-order valence-electron chi connectivity index (χ2n) is 5.73. The first kappa shape index (κ1) is 14.2. The van der Waals surface area contributed by atoms with Crippen LogP contribution in [-0.2, 0) is 0 Å². The number of nitrogens with one attached hydrogen (secondary N) is 1.